The van der Waals surface area contributed by atoms with E-state index in [9.17, 15) is 9.18 Å². The van der Waals surface area contributed by atoms with E-state index in [0.29, 0.717) is 17.6 Å². The number of carbonyl (C=O) groups excluding carboxylic acids is 1. The molecule has 2 aliphatic rings. The van der Waals surface area contributed by atoms with Gasteiger partial charge in [-0.25, -0.2) is 4.39 Å². The van der Waals surface area contributed by atoms with Crippen LogP contribution in [0.15, 0.2) is 18.2 Å². The molecule has 0 radical (unpaired) electrons. The highest BCUT2D eigenvalue weighted by molar-refractivity contribution is 5.94. The van der Waals surface area contributed by atoms with Gasteiger partial charge in [0.15, 0.2) is 0 Å². The molecule has 2 bridgehead atoms. The molecule has 2 atom stereocenters. The van der Waals surface area contributed by atoms with Gasteiger partial charge in [0.1, 0.15) is 5.82 Å². The zero-order chi connectivity index (χ0) is 13.4. The van der Waals surface area contributed by atoms with Crippen LogP contribution in [0.25, 0.3) is 0 Å². The Morgan fingerprint density at radius 1 is 1.32 bits per heavy atom. The van der Waals surface area contributed by atoms with Gasteiger partial charge in [0.25, 0.3) is 5.91 Å². The van der Waals surface area contributed by atoms with E-state index >= 15 is 0 Å². The molecule has 2 unspecified atom stereocenters. The zero-order valence-electron chi connectivity index (χ0n) is 11.1. The SMILES string of the molecule is Cc1cccc(C(=O)NC2CC3CCC(C2)N3)c1F. The predicted molar refractivity (Wildman–Crippen MR) is 71.6 cm³/mol. The second kappa shape index (κ2) is 4.93. The van der Waals surface area contributed by atoms with Gasteiger partial charge in [-0.2, -0.15) is 0 Å². The van der Waals surface area contributed by atoms with E-state index in [1.807, 2.05) is 0 Å². The van der Waals surface area contributed by atoms with Crippen molar-refractivity contribution >= 4 is 5.91 Å². The van der Waals surface area contributed by atoms with Crippen LogP contribution < -0.4 is 10.6 Å². The van der Waals surface area contributed by atoms with Crippen molar-refractivity contribution < 1.29 is 9.18 Å². The van der Waals surface area contributed by atoms with E-state index in [1.54, 1.807) is 25.1 Å². The summed E-state index contributed by atoms with van der Waals surface area (Å²) in [4.78, 5) is 12.1. The van der Waals surface area contributed by atoms with E-state index in [4.69, 9.17) is 0 Å². The monoisotopic (exact) mass is 262 g/mol. The summed E-state index contributed by atoms with van der Waals surface area (Å²) in [5, 5.41) is 6.51. The fraction of sp³-hybridized carbons (Fsp3) is 0.533. The van der Waals surface area contributed by atoms with Gasteiger partial charge in [-0.15, -0.1) is 0 Å². The predicted octanol–water partition coefficient (Wildman–Crippen LogP) is 2.15. The topological polar surface area (TPSA) is 41.1 Å². The van der Waals surface area contributed by atoms with Gasteiger partial charge >= 0.3 is 0 Å². The minimum absolute atomic E-state index is 0.158. The second-order valence-electron chi connectivity index (χ2n) is 5.72. The lowest BCUT2D eigenvalue weighted by Gasteiger charge is -2.29. The Balaban J connectivity index is 1.70. The number of fused-ring (bicyclic) bond motifs is 2. The number of aryl methyl sites for hydroxylation is 1. The molecule has 2 fully saturated rings. The summed E-state index contributed by atoms with van der Waals surface area (Å²) in [5.74, 6) is -0.690. The van der Waals surface area contributed by atoms with Crippen LogP contribution in [0.5, 0.6) is 0 Å². The molecule has 0 saturated carbocycles. The molecule has 1 aromatic carbocycles. The standard InChI is InChI=1S/C15H19FN2O/c1-9-3-2-4-13(14(9)16)15(19)18-12-7-10-5-6-11(8-12)17-10/h2-4,10-12,17H,5-8H2,1H3,(H,18,19). The summed E-state index contributed by atoms with van der Waals surface area (Å²) < 4.78 is 13.9. The van der Waals surface area contributed by atoms with Crippen molar-refractivity contribution in [2.24, 2.45) is 0 Å². The number of carbonyl (C=O) groups is 1. The second-order valence-corrected chi connectivity index (χ2v) is 5.72. The first kappa shape index (κ1) is 12.6. The molecule has 102 valence electrons. The number of hydrogen-bond acceptors (Lipinski definition) is 2. The minimum atomic E-state index is -0.406. The summed E-state index contributed by atoms with van der Waals surface area (Å²) in [6.45, 7) is 1.68. The molecule has 3 nitrogen and oxygen atoms in total. The molecule has 0 aliphatic carbocycles. The van der Waals surface area contributed by atoms with Gasteiger partial charge in [-0.05, 0) is 44.2 Å². The van der Waals surface area contributed by atoms with E-state index < -0.39 is 5.82 Å². The number of halogens is 1. The van der Waals surface area contributed by atoms with Crippen molar-refractivity contribution in [1.29, 1.82) is 0 Å². The molecule has 3 rings (SSSR count). The molecule has 19 heavy (non-hydrogen) atoms. The largest absolute Gasteiger partial charge is 0.349 e. The van der Waals surface area contributed by atoms with Crippen molar-refractivity contribution in [2.75, 3.05) is 0 Å². The smallest absolute Gasteiger partial charge is 0.254 e. The van der Waals surface area contributed by atoms with Gasteiger partial charge in [0.2, 0.25) is 0 Å². The quantitative estimate of drug-likeness (QED) is 0.857. The van der Waals surface area contributed by atoms with Crippen LogP contribution in [0.4, 0.5) is 4.39 Å². The molecule has 0 aromatic heterocycles. The van der Waals surface area contributed by atoms with Crippen molar-refractivity contribution in [3.05, 3.63) is 35.1 Å². The van der Waals surface area contributed by atoms with Crippen molar-refractivity contribution in [3.8, 4) is 0 Å². The summed E-state index contributed by atoms with van der Waals surface area (Å²) in [7, 11) is 0. The number of piperidine rings is 1. The van der Waals surface area contributed by atoms with Crippen LogP contribution in [0, 0.1) is 12.7 Å². The molecular formula is C15H19FN2O. The van der Waals surface area contributed by atoms with Gasteiger partial charge in [-0.3, -0.25) is 4.79 Å². The van der Waals surface area contributed by atoms with E-state index in [2.05, 4.69) is 10.6 Å². The number of amides is 1. The molecule has 0 spiro atoms. The first-order valence-corrected chi connectivity index (χ1v) is 6.95. The molecule has 2 N–H and O–H groups in total. The van der Waals surface area contributed by atoms with Gasteiger partial charge < -0.3 is 10.6 Å². The summed E-state index contributed by atoms with van der Waals surface area (Å²) >= 11 is 0. The summed E-state index contributed by atoms with van der Waals surface area (Å²) in [5.41, 5.74) is 0.670. The highest BCUT2D eigenvalue weighted by Gasteiger charge is 2.34. The fourth-order valence-corrected chi connectivity index (χ4v) is 3.26. The Labute approximate surface area is 112 Å². The van der Waals surface area contributed by atoms with Crippen LogP contribution in [0.3, 0.4) is 0 Å². The molecular weight excluding hydrogens is 243 g/mol. The minimum Gasteiger partial charge on any atom is -0.349 e. The van der Waals surface area contributed by atoms with Gasteiger partial charge in [-0.1, -0.05) is 12.1 Å². The Hall–Kier alpha value is -1.42. The first-order chi connectivity index (χ1) is 9.13. The van der Waals surface area contributed by atoms with E-state index in [1.165, 1.54) is 12.8 Å². The van der Waals surface area contributed by atoms with E-state index in [-0.39, 0.29) is 17.5 Å². The average Bonchev–Trinajstić information content (AvgIpc) is 2.72. The zero-order valence-corrected chi connectivity index (χ0v) is 11.1. The number of rotatable bonds is 2. The molecule has 1 amide bonds. The van der Waals surface area contributed by atoms with E-state index in [0.717, 1.165) is 12.8 Å². The lowest BCUT2D eigenvalue weighted by Crippen LogP contribution is -2.48. The molecule has 1 aromatic rings. The summed E-state index contributed by atoms with van der Waals surface area (Å²) in [6.07, 6.45) is 4.29. The molecule has 4 heteroatoms. The Bertz CT molecular complexity index is 491. The maximum Gasteiger partial charge on any atom is 0.254 e. The lowest BCUT2D eigenvalue weighted by molar-refractivity contribution is 0.0919. The number of benzene rings is 1. The number of hydrogen-bond donors (Lipinski definition) is 2. The normalized spacial score (nSPS) is 29.3. The Kier molecular flexibility index (Phi) is 3.27. The third-order valence-corrected chi connectivity index (χ3v) is 4.24. The van der Waals surface area contributed by atoms with Crippen LogP contribution in [-0.2, 0) is 0 Å². The van der Waals surface area contributed by atoms with Crippen molar-refractivity contribution in [3.63, 3.8) is 0 Å². The molecule has 2 heterocycles. The van der Waals surface area contributed by atoms with Crippen LogP contribution in [-0.4, -0.2) is 24.0 Å². The van der Waals surface area contributed by atoms with Gasteiger partial charge in [0, 0.05) is 18.1 Å². The van der Waals surface area contributed by atoms with Crippen molar-refractivity contribution in [2.45, 2.75) is 50.7 Å². The fourth-order valence-electron chi connectivity index (χ4n) is 3.26. The van der Waals surface area contributed by atoms with Crippen molar-refractivity contribution in [1.82, 2.24) is 10.6 Å². The maximum absolute atomic E-state index is 13.9. The first-order valence-electron chi connectivity index (χ1n) is 6.95. The van der Waals surface area contributed by atoms with Crippen LogP contribution >= 0.6 is 0 Å². The average molecular weight is 262 g/mol. The molecule has 2 saturated heterocycles. The highest BCUT2D eigenvalue weighted by atomic mass is 19.1. The molecule has 2 aliphatic heterocycles. The van der Waals surface area contributed by atoms with Crippen LogP contribution in [0.1, 0.15) is 41.6 Å². The van der Waals surface area contributed by atoms with Crippen LogP contribution in [0.2, 0.25) is 0 Å². The summed E-state index contributed by atoms with van der Waals surface area (Å²) in [6, 6.07) is 6.16. The lowest BCUT2D eigenvalue weighted by atomic mass is 9.99. The highest BCUT2D eigenvalue weighted by Crippen LogP contribution is 2.27. The number of nitrogens with one attached hydrogen (secondary N) is 2. The third kappa shape index (κ3) is 2.50. The van der Waals surface area contributed by atoms with Gasteiger partial charge in [0.05, 0.1) is 5.56 Å². The Morgan fingerprint density at radius 2 is 2.00 bits per heavy atom. The third-order valence-electron chi connectivity index (χ3n) is 4.24. The Morgan fingerprint density at radius 3 is 2.68 bits per heavy atom. The maximum atomic E-state index is 13.9.